The highest BCUT2D eigenvalue weighted by atomic mass is 16.5. The third-order valence-electron chi connectivity index (χ3n) is 3.95. The number of nitrogens with one attached hydrogen (secondary N) is 2. The number of urea groups is 1. The lowest BCUT2D eigenvalue weighted by Gasteiger charge is -2.31. The van der Waals surface area contributed by atoms with E-state index < -0.39 is 0 Å². The third kappa shape index (κ3) is 5.78. The molecule has 2 atom stereocenters. The fraction of sp³-hybridized carbons (Fsp3) is 0.929. The van der Waals surface area contributed by atoms with Gasteiger partial charge in [-0.1, -0.05) is 12.8 Å². The van der Waals surface area contributed by atoms with E-state index in [0.29, 0.717) is 12.6 Å². The van der Waals surface area contributed by atoms with Crippen LogP contribution in [0.5, 0.6) is 0 Å². The highest BCUT2D eigenvalue weighted by Crippen LogP contribution is 2.20. The normalized spacial score (nSPS) is 23.7. The Morgan fingerprint density at radius 3 is 2.68 bits per heavy atom. The predicted molar refractivity (Wildman–Crippen MR) is 77.4 cm³/mol. The molecule has 0 unspecified atom stereocenters. The first-order chi connectivity index (χ1) is 9.04. The van der Waals surface area contributed by atoms with Crippen LogP contribution in [0.2, 0.25) is 0 Å². The van der Waals surface area contributed by atoms with Crippen LogP contribution >= 0.6 is 0 Å². The summed E-state index contributed by atoms with van der Waals surface area (Å²) in [5.74, 6) is 0. The number of likely N-dealkylation sites (N-methyl/N-ethyl adjacent to an activating group) is 1. The van der Waals surface area contributed by atoms with E-state index >= 15 is 0 Å². The van der Waals surface area contributed by atoms with E-state index in [9.17, 15) is 4.79 Å². The van der Waals surface area contributed by atoms with E-state index in [2.05, 4.69) is 36.4 Å². The minimum Gasteiger partial charge on any atom is -0.379 e. The Bertz CT molecular complexity index is 271. The summed E-state index contributed by atoms with van der Waals surface area (Å²) in [7, 11) is 3.78. The summed E-state index contributed by atoms with van der Waals surface area (Å²) < 4.78 is 5.43. The van der Waals surface area contributed by atoms with Crippen LogP contribution in [0.15, 0.2) is 0 Å². The third-order valence-corrected chi connectivity index (χ3v) is 3.95. The molecule has 1 rings (SSSR count). The van der Waals surface area contributed by atoms with Crippen molar-refractivity contribution in [3.8, 4) is 0 Å². The number of methoxy groups -OCH3 is 1. The van der Waals surface area contributed by atoms with E-state index in [1.807, 2.05) is 0 Å². The monoisotopic (exact) mass is 271 g/mol. The summed E-state index contributed by atoms with van der Waals surface area (Å²) >= 11 is 0. The Kier molecular flexibility index (Phi) is 7.16. The highest BCUT2D eigenvalue weighted by molar-refractivity contribution is 5.74. The molecule has 0 aliphatic heterocycles. The average Bonchev–Trinajstić information content (AvgIpc) is 2.39. The van der Waals surface area contributed by atoms with Crippen LogP contribution in [0.25, 0.3) is 0 Å². The maximum absolute atomic E-state index is 11.8. The van der Waals surface area contributed by atoms with Crippen LogP contribution < -0.4 is 10.6 Å². The zero-order valence-electron chi connectivity index (χ0n) is 12.7. The van der Waals surface area contributed by atoms with Gasteiger partial charge >= 0.3 is 6.03 Å². The van der Waals surface area contributed by atoms with Crippen LogP contribution in [-0.2, 0) is 4.74 Å². The Hall–Kier alpha value is -0.810. The van der Waals surface area contributed by atoms with Gasteiger partial charge in [0.2, 0.25) is 0 Å². The van der Waals surface area contributed by atoms with Crippen molar-refractivity contribution < 1.29 is 9.53 Å². The molecule has 2 N–H and O–H groups in total. The summed E-state index contributed by atoms with van der Waals surface area (Å²) in [5.41, 5.74) is 0. The molecular formula is C14H29N3O2. The number of hydrogen-bond donors (Lipinski definition) is 2. The number of nitrogens with zero attached hydrogens (tertiary/aromatic N) is 1. The Balaban J connectivity index is 2.22. The fourth-order valence-corrected chi connectivity index (χ4v) is 2.37. The molecule has 2 amide bonds. The SMILES string of the molecule is CO[C@@H]1CCCC[C@@H]1NC(=O)NCCN(C)C(C)C. The molecule has 1 aliphatic carbocycles. The summed E-state index contributed by atoms with van der Waals surface area (Å²) in [5, 5.41) is 5.94. The smallest absolute Gasteiger partial charge is 0.315 e. The molecule has 112 valence electrons. The maximum atomic E-state index is 11.8. The van der Waals surface area contributed by atoms with Crippen LogP contribution in [0, 0.1) is 0 Å². The molecular weight excluding hydrogens is 242 g/mol. The van der Waals surface area contributed by atoms with Gasteiger partial charge in [0, 0.05) is 26.2 Å². The first-order valence-corrected chi connectivity index (χ1v) is 7.32. The largest absolute Gasteiger partial charge is 0.379 e. The lowest BCUT2D eigenvalue weighted by atomic mass is 9.92. The molecule has 19 heavy (non-hydrogen) atoms. The number of hydrogen-bond acceptors (Lipinski definition) is 3. The molecule has 1 fully saturated rings. The quantitative estimate of drug-likeness (QED) is 0.771. The molecule has 0 bridgehead atoms. The van der Waals surface area contributed by atoms with Crippen LogP contribution in [0.3, 0.4) is 0 Å². The second-order valence-electron chi connectivity index (χ2n) is 5.64. The van der Waals surface area contributed by atoms with Gasteiger partial charge in [0.25, 0.3) is 0 Å². The Labute approximate surface area is 117 Å². The van der Waals surface area contributed by atoms with E-state index in [1.165, 1.54) is 12.8 Å². The molecule has 0 spiro atoms. The van der Waals surface area contributed by atoms with Crippen molar-refractivity contribution in [3.63, 3.8) is 0 Å². The van der Waals surface area contributed by atoms with Crippen molar-refractivity contribution in [1.82, 2.24) is 15.5 Å². The summed E-state index contributed by atoms with van der Waals surface area (Å²) in [6.45, 7) is 5.82. The molecule has 0 aromatic rings. The second kappa shape index (κ2) is 8.38. The van der Waals surface area contributed by atoms with Gasteiger partial charge in [0.05, 0.1) is 12.1 Å². The first kappa shape index (κ1) is 16.2. The lowest BCUT2D eigenvalue weighted by molar-refractivity contribution is 0.0452. The van der Waals surface area contributed by atoms with Gasteiger partial charge in [0.15, 0.2) is 0 Å². The van der Waals surface area contributed by atoms with Gasteiger partial charge in [-0.3, -0.25) is 0 Å². The molecule has 5 nitrogen and oxygen atoms in total. The molecule has 0 radical (unpaired) electrons. The molecule has 5 heteroatoms. The maximum Gasteiger partial charge on any atom is 0.315 e. The number of carbonyl (C=O) groups excluding carboxylic acids is 1. The average molecular weight is 271 g/mol. The van der Waals surface area contributed by atoms with E-state index in [-0.39, 0.29) is 18.2 Å². The predicted octanol–water partition coefficient (Wildman–Crippen LogP) is 1.58. The van der Waals surface area contributed by atoms with Gasteiger partial charge in [-0.05, 0) is 33.7 Å². The highest BCUT2D eigenvalue weighted by Gasteiger charge is 2.26. The summed E-state index contributed by atoms with van der Waals surface area (Å²) in [6.07, 6.45) is 4.58. The van der Waals surface area contributed by atoms with Crippen LogP contribution in [0.4, 0.5) is 4.79 Å². The van der Waals surface area contributed by atoms with Crippen molar-refractivity contribution >= 4 is 6.03 Å². The molecule has 0 saturated heterocycles. The molecule has 1 aliphatic rings. The lowest BCUT2D eigenvalue weighted by Crippen LogP contribution is -2.50. The van der Waals surface area contributed by atoms with Gasteiger partial charge in [-0.15, -0.1) is 0 Å². The standard InChI is InChI=1S/C14H29N3O2/c1-11(2)17(3)10-9-15-14(18)16-12-7-5-6-8-13(12)19-4/h11-13H,5-10H2,1-4H3,(H2,15,16,18)/t12-,13+/m0/s1. The van der Waals surface area contributed by atoms with Crippen LogP contribution in [0.1, 0.15) is 39.5 Å². The summed E-state index contributed by atoms with van der Waals surface area (Å²) in [4.78, 5) is 14.0. The van der Waals surface area contributed by atoms with Crippen molar-refractivity contribution in [3.05, 3.63) is 0 Å². The van der Waals surface area contributed by atoms with Gasteiger partial charge < -0.3 is 20.3 Å². The number of ether oxygens (including phenoxy) is 1. The van der Waals surface area contributed by atoms with E-state index in [4.69, 9.17) is 4.74 Å². The number of rotatable bonds is 6. The van der Waals surface area contributed by atoms with E-state index in [0.717, 1.165) is 19.4 Å². The number of carbonyl (C=O) groups is 1. The van der Waals surface area contributed by atoms with Crippen molar-refractivity contribution in [1.29, 1.82) is 0 Å². The number of amides is 2. The summed E-state index contributed by atoms with van der Waals surface area (Å²) in [6, 6.07) is 0.578. The van der Waals surface area contributed by atoms with Crippen LogP contribution in [-0.4, -0.2) is 56.4 Å². The topological polar surface area (TPSA) is 53.6 Å². The molecule has 0 aromatic carbocycles. The van der Waals surface area contributed by atoms with Gasteiger partial charge in [0.1, 0.15) is 0 Å². The zero-order chi connectivity index (χ0) is 14.3. The zero-order valence-corrected chi connectivity index (χ0v) is 12.7. The van der Waals surface area contributed by atoms with Gasteiger partial charge in [-0.2, -0.15) is 0 Å². The van der Waals surface area contributed by atoms with Crippen molar-refractivity contribution in [2.45, 2.75) is 57.7 Å². The first-order valence-electron chi connectivity index (χ1n) is 7.32. The fourth-order valence-electron chi connectivity index (χ4n) is 2.37. The van der Waals surface area contributed by atoms with Crippen molar-refractivity contribution in [2.24, 2.45) is 0 Å². The van der Waals surface area contributed by atoms with Crippen molar-refractivity contribution in [2.75, 3.05) is 27.2 Å². The Morgan fingerprint density at radius 2 is 2.05 bits per heavy atom. The minimum absolute atomic E-state index is 0.0777. The second-order valence-corrected chi connectivity index (χ2v) is 5.64. The van der Waals surface area contributed by atoms with Gasteiger partial charge in [-0.25, -0.2) is 4.79 Å². The minimum atomic E-state index is -0.0777. The molecule has 1 saturated carbocycles. The Morgan fingerprint density at radius 1 is 1.37 bits per heavy atom. The molecule has 0 heterocycles. The molecule has 0 aromatic heterocycles. The van der Waals surface area contributed by atoms with E-state index in [1.54, 1.807) is 7.11 Å².